The standard InChI is InChI=1S/C13H25F2N3O/c1-3-13(4-2,10-16)12(19)18-7-5-17(6-8-18)9-11(14)15/h11H,3-10,16H2,1-2H3. The van der Waals surface area contributed by atoms with Gasteiger partial charge in [0, 0.05) is 32.7 Å². The maximum atomic E-state index is 12.5. The Balaban J connectivity index is 2.57. The molecule has 1 aliphatic heterocycles. The molecule has 4 nitrogen and oxygen atoms in total. The zero-order valence-electron chi connectivity index (χ0n) is 11.9. The molecular weight excluding hydrogens is 252 g/mol. The first-order valence-electron chi connectivity index (χ1n) is 6.99. The van der Waals surface area contributed by atoms with Gasteiger partial charge in [-0.1, -0.05) is 13.8 Å². The SMILES string of the molecule is CCC(CC)(CN)C(=O)N1CCN(CC(F)F)CC1. The fraction of sp³-hybridized carbons (Fsp3) is 0.923. The van der Waals surface area contributed by atoms with Gasteiger partial charge in [-0.25, -0.2) is 8.78 Å². The molecular formula is C13H25F2N3O. The molecule has 0 aromatic carbocycles. The van der Waals surface area contributed by atoms with Crippen molar-refractivity contribution in [3.63, 3.8) is 0 Å². The van der Waals surface area contributed by atoms with Crippen LogP contribution in [0.5, 0.6) is 0 Å². The minimum Gasteiger partial charge on any atom is -0.340 e. The topological polar surface area (TPSA) is 49.6 Å². The zero-order chi connectivity index (χ0) is 14.5. The second-order valence-corrected chi connectivity index (χ2v) is 5.18. The number of carbonyl (C=O) groups is 1. The summed E-state index contributed by atoms with van der Waals surface area (Å²) in [5.41, 5.74) is 5.29. The first kappa shape index (κ1) is 16.3. The van der Waals surface area contributed by atoms with Crippen molar-refractivity contribution >= 4 is 5.91 Å². The van der Waals surface area contributed by atoms with Gasteiger partial charge in [-0.05, 0) is 12.8 Å². The first-order valence-corrected chi connectivity index (χ1v) is 6.99. The number of halogens is 2. The van der Waals surface area contributed by atoms with Crippen molar-refractivity contribution in [3.05, 3.63) is 0 Å². The largest absolute Gasteiger partial charge is 0.340 e. The van der Waals surface area contributed by atoms with Crippen LogP contribution in [-0.2, 0) is 4.79 Å². The minimum atomic E-state index is -2.31. The lowest BCUT2D eigenvalue weighted by atomic mass is 9.81. The van der Waals surface area contributed by atoms with E-state index in [4.69, 9.17) is 5.73 Å². The van der Waals surface area contributed by atoms with Gasteiger partial charge in [0.2, 0.25) is 5.91 Å². The maximum Gasteiger partial charge on any atom is 0.251 e. The Morgan fingerprint density at radius 2 is 1.74 bits per heavy atom. The predicted octanol–water partition coefficient (Wildman–Crippen LogP) is 1.16. The van der Waals surface area contributed by atoms with Crippen molar-refractivity contribution in [2.24, 2.45) is 11.1 Å². The van der Waals surface area contributed by atoms with Gasteiger partial charge in [-0.2, -0.15) is 0 Å². The third-order valence-corrected chi connectivity index (χ3v) is 4.25. The summed E-state index contributed by atoms with van der Waals surface area (Å²) in [5.74, 6) is 0.0803. The van der Waals surface area contributed by atoms with E-state index in [2.05, 4.69) is 0 Å². The normalized spacial score (nSPS) is 18.1. The highest BCUT2D eigenvalue weighted by Gasteiger charge is 2.37. The summed E-state index contributed by atoms with van der Waals surface area (Å²) < 4.78 is 24.6. The summed E-state index contributed by atoms with van der Waals surface area (Å²) >= 11 is 0. The molecule has 0 radical (unpaired) electrons. The van der Waals surface area contributed by atoms with E-state index >= 15 is 0 Å². The third-order valence-electron chi connectivity index (χ3n) is 4.25. The summed E-state index contributed by atoms with van der Waals surface area (Å²) in [4.78, 5) is 16.0. The molecule has 0 saturated carbocycles. The van der Waals surface area contributed by atoms with Crippen LogP contribution in [0.4, 0.5) is 8.78 Å². The van der Waals surface area contributed by atoms with Gasteiger partial charge in [0.25, 0.3) is 6.43 Å². The van der Waals surface area contributed by atoms with Crippen molar-refractivity contribution in [1.29, 1.82) is 0 Å². The van der Waals surface area contributed by atoms with Crippen molar-refractivity contribution in [3.8, 4) is 0 Å². The molecule has 1 aliphatic rings. The van der Waals surface area contributed by atoms with Crippen molar-refractivity contribution in [1.82, 2.24) is 9.80 Å². The minimum absolute atomic E-state index is 0.0803. The van der Waals surface area contributed by atoms with E-state index in [1.807, 2.05) is 13.8 Å². The third kappa shape index (κ3) is 3.86. The van der Waals surface area contributed by atoms with Gasteiger partial charge in [-0.15, -0.1) is 0 Å². The smallest absolute Gasteiger partial charge is 0.251 e. The first-order chi connectivity index (χ1) is 8.99. The average Bonchev–Trinajstić information content (AvgIpc) is 2.41. The van der Waals surface area contributed by atoms with Gasteiger partial charge >= 0.3 is 0 Å². The van der Waals surface area contributed by atoms with E-state index in [1.165, 1.54) is 0 Å². The maximum absolute atomic E-state index is 12.5. The molecule has 6 heteroatoms. The number of nitrogens with two attached hydrogens (primary N) is 1. The molecule has 0 bridgehead atoms. The summed E-state index contributed by atoms with van der Waals surface area (Å²) in [6.07, 6.45) is -0.872. The second kappa shape index (κ2) is 7.14. The highest BCUT2D eigenvalue weighted by atomic mass is 19.3. The molecule has 19 heavy (non-hydrogen) atoms. The van der Waals surface area contributed by atoms with E-state index in [9.17, 15) is 13.6 Å². The van der Waals surface area contributed by atoms with Gasteiger partial charge in [0.15, 0.2) is 0 Å². The highest BCUT2D eigenvalue weighted by molar-refractivity contribution is 5.83. The number of rotatable bonds is 6. The second-order valence-electron chi connectivity index (χ2n) is 5.18. The monoisotopic (exact) mass is 277 g/mol. The Labute approximate surface area is 113 Å². The molecule has 1 amide bonds. The van der Waals surface area contributed by atoms with Crippen LogP contribution in [0.1, 0.15) is 26.7 Å². The lowest BCUT2D eigenvalue weighted by molar-refractivity contribution is -0.144. The summed E-state index contributed by atoms with van der Waals surface area (Å²) in [6.45, 7) is 6.17. The number of piperazine rings is 1. The van der Waals surface area contributed by atoms with Crippen LogP contribution in [0.2, 0.25) is 0 Å². The molecule has 0 atom stereocenters. The molecule has 2 N–H and O–H groups in total. The van der Waals surface area contributed by atoms with E-state index in [0.29, 0.717) is 32.7 Å². The number of alkyl halides is 2. The van der Waals surface area contributed by atoms with Crippen LogP contribution in [0.25, 0.3) is 0 Å². The van der Waals surface area contributed by atoms with Crippen LogP contribution in [0, 0.1) is 5.41 Å². The Morgan fingerprint density at radius 1 is 1.21 bits per heavy atom. The van der Waals surface area contributed by atoms with E-state index in [0.717, 1.165) is 12.8 Å². The number of carbonyl (C=O) groups excluding carboxylic acids is 1. The Morgan fingerprint density at radius 3 is 2.11 bits per heavy atom. The van der Waals surface area contributed by atoms with Crippen LogP contribution >= 0.6 is 0 Å². The number of hydrogen-bond donors (Lipinski definition) is 1. The van der Waals surface area contributed by atoms with E-state index in [1.54, 1.807) is 9.80 Å². The molecule has 0 aliphatic carbocycles. The Bertz CT molecular complexity index is 279. The quantitative estimate of drug-likeness (QED) is 0.792. The van der Waals surface area contributed by atoms with Crippen molar-refractivity contribution in [2.75, 3.05) is 39.3 Å². The molecule has 0 aromatic rings. The van der Waals surface area contributed by atoms with Gasteiger partial charge in [0.05, 0.1) is 12.0 Å². The predicted molar refractivity (Wildman–Crippen MR) is 71.1 cm³/mol. The Kier molecular flexibility index (Phi) is 6.13. The van der Waals surface area contributed by atoms with Crippen molar-refractivity contribution in [2.45, 2.75) is 33.1 Å². The molecule has 1 rings (SSSR count). The average molecular weight is 277 g/mol. The lowest BCUT2D eigenvalue weighted by Gasteiger charge is -2.40. The zero-order valence-corrected chi connectivity index (χ0v) is 11.9. The molecule has 1 fully saturated rings. The molecule has 0 spiro atoms. The van der Waals surface area contributed by atoms with Gasteiger partial charge in [0.1, 0.15) is 0 Å². The fourth-order valence-corrected chi connectivity index (χ4v) is 2.59. The molecule has 112 valence electrons. The van der Waals surface area contributed by atoms with Gasteiger partial charge < -0.3 is 10.6 Å². The molecule has 1 heterocycles. The summed E-state index contributed by atoms with van der Waals surface area (Å²) in [7, 11) is 0. The number of nitrogens with zero attached hydrogens (tertiary/aromatic N) is 2. The van der Waals surface area contributed by atoms with Crippen LogP contribution < -0.4 is 5.73 Å². The van der Waals surface area contributed by atoms with Gasteiger partial charge in [-0.3, -0.25) is 9.69 Å². The summed E-state index contributed by atoms with van der Waals surface area (Å²) in [5, 5.41) is 0. The van der Waals surface area contributed by atoms with Crippen LogP contribution in [-0.4, -0.2) is 61.4 Å². The fourth-order valence-electron chi connectivity index (χ4n) is 2.59. The Hall–Kier alpha value is -0.750. The molecule has 0 unspecified atom stereocenters. The number of hydrogen-bond acceptors (Lipinski definition) is 3. The van der Waals surface area contributed by atoms with Crippen LogP contribution in [0.15, 0.2) is 0 Å². The number of amides is 1. The van der Waals surface area contributed by atoms with E-state index in [-0.39, 0.29) is 12.5 Å². The lowest BCUT2D eigenvalue weighted by Crippen LogP contribution is -2.55. The van der Waals surface area contributed by atoms with Crippen molar-refractivity contribution < 1.29 is 13.6 Å². The highest BCUT2D eigenvalue weighted by Crippen LogP contribution is 2.28. The van der Waals surface area contributed by atoms with Crippen LogP contribution in [0.3, 0.4) is 0 Å². The van der Waals surface area contributed by atoms with E-state index < -0.39 is 11.8 Å². The molecule has 0 aromatic heterocycles. The molecule has 1 saturated heterocycles. The summed E-state index contributed by atoms with van der Waals surface area (Å²) in [6, 6.07) is 0.